The van der Waals surface area contributed by atoms with E-state index >= 15 is 0 Å². The molecule has 1 N–H and O–H groups in total. The Morgan fingerprint density at radius 2 is 0.917 bits per heavy atom. The van der Waals surface area contributed by atoms with Crippen LogP contribution in [0, 0.1) is 0 Å². The van der Waals surface area contributed by atoms with Crippen molar-refractivity contribution in [3.8, 4) is 0 Å². The van der Waals surface area contributed by atoms with Gasteiger partial charge in [-0.25, -0.2) is 0 Å². The van der Waals surface area contributed by atoms with E-state index in [1.807, 2.05) is 0 Å². The van der Waals surface area contributed by atoms with E-state index in [0.717, 1.165) is 7.11 Å². The molecular weight excluding hydrogens is 148 g/mol. The largest absolute Gasteiger partial charge is 0.400 e. The zero-order valence-electron chi connectivity index (χ0n) is 9.69. The van der Waals surface area contributed by atoms with Crippen LogP contribution in [0.25, 0.3) is 0 Å². The van der Waals surface area contributed by atoms with Crippen molar-refractivity contribution in [2.75, 3.05) is 7.11 Å². The van der Waals surface area contributed by atoms with Crippen LogP contribution in [0.5, 0.6) is 0 Å². The van der Waals surface area contributed by atoms with Gasteiger partial charge in [0.2, 0.25) is 0 Å². The van der Waals surface area contributed by atoms with Crippen molar-refractivity contribution in [3.63, 3.8) is 0 Å². The summed E-state index contributed by atoms with van der Waals surface area (Å²) < 4.78 is 0. The Balaban J connectivity index is -0.000000137. The maximum Gasteiger partial charge on any atom is 0.0319 e. The minimum absolute atomic E-state index is 1.00. The zero-order valence-corrected chi connectivity index (χ0v) is 9.69. The molecule has 0 amide bonds. The molecule has 0 saturated carbocycles. The van der Waals surface area contributed by atoms with Crippen LogP contribution in [-0.2, 0) is 0 Å². The van der Waals surface area contributed by atoms with Crippen molar-refractivity contribution >= 4 is 0 Å². The molecule has 0 aromatic carbocycles. The maximum atomic E-state index is 7.00. The van der Waals surface area contributed by atoms with Crippen LogP contribution < -0.4 is 0 Å². The van der Waals surface area contributed by atoms with E-state index in [-0.39, 0.29) is 0 Å². The summed E-state index contributed by atoms with van der Waals surface area (Å²) in [4.78, 5) is 0. The highest BCUT2D eigenvalue weighted by Gasteiger charge is 1.80. The quantitative estimate of drug-likeness (QED) is 0.642. The Morgan fingerprint density at radius 3 is 1.08 bits per heavy atom. The summed E-state index contributed by atoms with van der Waals surface area (Å²) in [5, 5.41) is 7.00. The first-order valence-corrected chi connectivity index (χ1v) is 5.28. The van der Waals surface area contributed by atoms with Gasteiger partial charge in [0.05, 0.1) is 0 Å². The molecule has 12 heavy (non-hydrogen) atoms. The molecule has 0 bridgehead atoms. The van der Waals surface area contributed by atoms with E-state index in [1.54, 1.807) is 0 Å². The molecule has 0 radical (unpaired) electrons. The minimum Gasteiger partial charge on any atom is -0.400 e. The van der Waals surface area contributed by atoms with Gasteiger partial charge in [-0.3, -0.25) is 0 Å². The summed E-state index contributed by atoms with van der Waals surface area (Å²) in [6.07, 6.45) is 8.26. The van der Waals surface area contributed by atoms with Gasteiger partial charge in [-0.1, -0.05) is 66.2 Å². The molecule has 0 aromatic rings. The lowest BCUT2D eigenvalue weighted by atomic mass is 10.2. The van der Waals surface area contributed by atoms with Gasteiger partial charge in [0.15, 0.2) is 0 Å². The van der Waals surface area contributed by atoms with E-state index < -0.39 is 0 Å². The van der Waals surface area contributed by atoms with E-state index in [0.29, 0.717) is 0 Å². The summed E-state index contributed by atoms with van der Waals surface area (Å²) in [5.41, 5.74) is 0. The first-order valence-electron chi connectivity index (χ1n) is 5.28. The lowest BCUT2D eigenvalue weighted by Crippen LogP contribution is -1.70. The molecule has 0 heterocycles. The molecule has 0 aliphatic rings. The third-order valence-corrected chi connectivity index (χ3v) is 1.21. The molecule has 0 fully saturated rings. The molecule has 0 aliphatic carbocycles. The van der Waals surface area contributed by atoms with Gasteiger partial charge >= 0.3 is 0 Å². The summed E-state index contributed by atoms with van der Waals surface area (Å²) in [5.74, 6) is 0. The van der Waals surface area contributed by atoms with Crippen molar-refractivity contribution < 1.29 is 5.11 Å². The van der Waals surface area contributed by atoms with Crippen molar-refractivity contribution in [1.82, 2.24) is 0 Å². The normalized spacial score (nSPS) is 7.50. The predicted molar refractivity (Wildman–Crippen MR) is 58.5 cm³/mol. The molecule has 1 heteroatoms. The molecule has 0 aliphatic heterocycles. The smallest absolute Gasteiger partial charge is 0.0319 e. The highest BCUT2D eigenvalue weighted by molar-refractivity contribution is 4.35. The van der Waals surface area contributed by atoms with Crippen molar-refractivity contribution in [1.29, 1.82) is 0 Å². The Hall–Kier alpha value is -0.0400. The average Bonchev–Trinajstić information content (AvgIpc) is 2.11. The first-order chi connectivity index (χ1) is 5.83. The van der Waals surface area contributed by atoms with Gasteiger partial charge < -0.3 is 5.11 Å². The summed E-state index contributed by atoms with van der Waals surface area (Å²) in [6.45, 7) is 8.74. The van der Waals surface area contributed by atoms with Crippen LogP contribution in [-0.4, -0.2) is 12.2 Å². The molecule has 1 nitrogen and oxygen atoms in total. The number of hydrogen-bond donors (Lipinski definition) is 1. The van der Waals surface area contributed by atoms with Crippen LogP contribution in [0.4, 0.5) is 0 Å². The molecule has 0 rings (SSSR count). The maximum absolute atomic E-state index is 7.00. The predicted octanol–water partition coefficient (Wildman–Crippen LogP) is 4.00. The number of unbranched alkanes of at least 4 members (excludes halogenated alkanes) is 4. The van der Waals surface area contributed by atoms with Crippen molar-refractivity contribution in [2.45, 2.75) is 66.2 Å². The second-order valence-corrected chi connectivity index (χ2v) is 2.77. The monoisotopic (exact) mass is 176 g/mol. The molecule has 0 aromatic heterocycles. The Kier molecular flexibility index (Phi) is 45.6. The number of aliphatic hydroxyl groups excluding tert-OH is 1. The summed E-state index contributed by atoms with van der Waals surface area (Å²) >= 11 is 0. The van der Waals surface area contributed by atoms with Crippen LogP contribution >= 0.6 is 0 Å². The lowest BCUT2D eigenvalue weighted by Gasteiger charge is -1.90. The third-order valence-electron chi connectivity index (χ3n) is 1.21. The van der Waals surface area contributed by atoms with Crippen molar-refractivity contribution in [3.05, 3.63) is 0 Å². The van der Waals surface area contributed by atoms with Gasteiger partial charge in [0.25, 0.3) is 0 Å². The zero-order chi connectivity index (χ0) is 10.2. The Bertz CT molecular complexity index is 32.0. The highest BCUT2D eigenvalue weighted by atomic mass is 16.2. The summed E-state index contributed by atoms with van der Waals surface area (Å²) in [6, 6.07) is 0. The lowest BCUT2D eigenvalue weighted by molar-refractivity contribution is 0.399. The molecule has 0 atom stereocenters. The van der Waals surface area contributed by atoms with Gasteiger partial charge in [0, 0.05) is 7.11 Å². The first kappa shape index (κ1) is 17.9. The Morgan fingerprint density at radius 1 is 0.667 bits per heavy atom. The van der Waals surface area contributed by atoms with E-state index in [1.165, 1.54) is 38.5 Å². The number of rotatable bonds is 4. The summed E-state index contributed by atoms with van der Waals surface area (Å²) in [7, 11) is 1.00. The number of aliphatic hydroxyl groups is 1. The van der Waals surface area contributed by atoms with E-state index in [9.17, 15) is 0 Å². The Labute approximate surface area is 79.2 Å². The number of hydrogen-bond acceptors (Lipinski definition) is 1. The SMILES string of the molecule is CCC.CCCCCCC.CO. The fourth-order valence-corrected chi connectivity index (χ4v) is 0.677. The molecule has 0 spiro atoms. The third kappa shape index (κ3) is 51.0. The molecule has 0 unspecified atom stereocenters. The minimum atomic E-state index is 1.00. The second kappa shape index (κ2) is 30.6. The van der Waals surface area contributed by atoms with Crippen LogP contribution in [0.3, 0.4) is 0 Å². The molecular formula is C11H28O. The van der Waals surface area contributed by atoms with Crippen LogP contribution in [0.2, 0.25) is 0 Å². The fourth-order valence-electron chi connectivity index (χ4n) is 0.677. The average molecular weight is 176 g/mol. The van der Waals surface area contributed by atoms with Crippen molar-refractivity contribution in [2.24, 2.45) is 0 Å². The van der Waals surface area contributed by atoms with Gasteiger partial charge in [-0.15, -0.1) is 0 Å². The van der Waals surface area contributed by atoms with Gasteiger partial charge in [0.1, 0.15) is 0 Å². The van der Waals surface area contributed by atoms with Gasteiger partial charge in [-0.05, 0) is 0 Å². The van der Waals surface area contributed by atoms with E-state index in [2.05, 4.69) is 27.7 Å². The molecule has 78 valence electrons. The second-order valence-electron chi connectivity index (χ2n) is 2.77. The topological polar surface area (TPSA) is 20.2 Å². The highest BCUT2D eigenvalue weighted by Crippen LogP contribution is 2.00. The van der Waals surface area contributed by atoms with Gasteiger partial charge in [-0.2, -0.15) is 0 Å². The fraction of sp³-hybridized carbons (Fsp3) is 1.00. The van der Waals surface area contributed by atoms with E-state index in [4.69, 9.17) is 5.11 Å². The molecule has 0 saturated heterocycles. The van der Waals surface area contributed by atoms with Crippen LogP contribution in [0.1, 0.15) is 66.2 Å². The van der Waals surface area contributed by atoms with Crippen LogP contribution in [0.15, 0.2) is 0 Å². The standard InChI is InChI=1S/C7H16.C3H8.CH4O/c1-3-5-7-6-4-2;1-3-2;1-2/h3-7H2,1-2H3;3H2,1-2H3;2H,1H3.